The molecule has 0 saturated carbocycles. The third kappa shape index (κ3) is 14.2. The molecular weight excluding hydrogens is 785 g/mol. The number of amides is 5. The number of nitrogens with one attached hydrogen (secondary N) is 2. The van der Waals surface area contributed by atoms with Crippen LogP contribution in [0.25, 0.3) is 0 Å². The van der Waals surface area contributed by atoms with Crippen molar-refractivity contribution < 1.29 is 49.2 Å². The van der Waals surface area contributed by atoms with E-state index in [-0.39, 0.29) is 37.3 Å². The zero-order valence-corrected chi connectivity index (χ0v) is 36.8. The second-order valence-corrected chi connectivity index (χ2v) is 17.0. The number of likely N-dealkylation sites (N-methyl/N-ethyl adjacent to an activating group) is 2. The summed E-state index contributed by atoms with van der Waals surface area (Å²) in [7, 11) is 2.90. The summed E-state index contributed by atoms with van der Waals surface area (Å²) in [4.78, 5) is 86.6. The Morgan fingerprint density at radius 1 is 0.787 bits per heavy atom. The predicted molar refractivity (Wildman–Crippen MR) is 230 cm³/mol. The summed E-state index contributed by atoms with van der Waals surface area (Å²) in [6, 6.07) is 5.44. The molecule has 2 aromatic rings. The number of nitrogens with zero attached hydrogens (tertiary/aromatic N) is 3. The highest BCUT2D eigenvalue weighted by Gasteiger charge is 2.44. The molecule has 0 spiro atoms. The number of aromatic hydroxyl groups is 2. The van der Waals surface area contributed by atoms with Crippen molar-refractivity contribution in [2.24, 2.45) is 17.6 Å². The lowest BCUT2D eigenvalue weighted by atomic mass is 9.95. The largest absolute Gasteiger partial charge is 0.508 e. The van der Waals surface area contributed by atoms with Gasteiger partial charge in [0.1, 0.15) is 47.8 Å². The van der Waals surface area contributed by atoms with Gasteiger partial charge >= 0.3 is 5.97 Å². The molecule has 0 aliphatic carbocycles. The van der Waals surface area contributed by atoms with E-state index in [1.54, 1.807) is 52.0 Å². The number of hydrogen-bond acceptors (Lipinski definition) is 10. The third-order valence-electron chi connectivity index (χ3n) is 11.5. The number of unbranched alkanes of at least 4 members (excludes halogenated alkanes) is 4. The molecule has 1 aliphatic rings. The van der Waals surface area contributed by atoms with Crippen molar-refractivity contribution in [2.45, 2.75) is 141 Å². The molecule has 61 heavy (non-hydrogen) atoms. The maximum absolute atomic E-state index is 14.7. The first kappa shape index (κ1) is 50.1. The molecular formula is C45H68N6O10. The quantitative estimate of drug-likeness (QED) is 0.0802. The van der Waals surface area contributed by atoms with E-state index >= 15 is 0 Å². The smallest absolute Gasteiger partial charge is 0.326 e. The number of aliphatic hydroxyl groups excluding tert-OH is 1. The van der Waals surface area contributed by atoms with Gasteiger partial charge in [-0.1, -0.05) is 91.0 Å². The van der Waals surface area contributed by atoms with Gasteiger partial charge < -0.3 is 51.5 Å². The highest BCUT2D eigenvalue weighted by molar-refractivity contribution is 5.97. The predicted octanol–water partition coefficient (Wildman–Crippen LogP) is 2.94. The molecule has 338 valence electrons. The summed E-state index contributed by atoms with van der Waals surface area (Å²) < 4.78 is 0. The number of carbonyl (C=O) groups is 6. The van der Waals surface area contributed by atoms with Crippen molar-refractivity contribution >= 4 is 35.5 Å². The molecule has 2 aromatic carbocycles. The number of carboxylic acid groups (broad SMARTS) is 1. The van der Waals surface area contributed by atoms with Gasteiger partial charge in [-0.3, -0.25) is 24.0 Å². The Kier molecular flexibility index (Phi) is 19.5. The van der Waals surface area contributed by atoms with Gasteiger partial charge in [0.2, 0.25) is 23.6 Å². The molecule has 0 aromatic heterocycles. The number of aliphatic hydroxyl groups is 1. The minimum absolute atomic E-state index is 0.00339. The molecule has 0 bridgehead atoms. The molecule has 8 N–H and O–H groups in total. The topological polar surface area (TPSA) is 243 Å². The van der Waals surface area contributed by atoms with Crippen LogP contribution in [-0.2, 0) is 41.6 Å². The first-order valence-electron chi connectivity index (χ1n) is 21.5. The Morgan fingerprint density at radius 3 is 1.87 bits per heavy atom. The molecule has 1 heterocycles. The van der Waals surface area contributed by atoms with Crippen LogP contribution >= 0.6 is 0 Å². The third-order valence-corrected chi connectivity index (χ3v) is 11.5. The highest BCUT2D eigenvalue weighted by atomic mass is 16.4. The standard InChI is InChI=1S/C45H68N6O10/c1-8-9-10-11-12-14-33(46)39(54)41(56)48-37(27(2)3)43(58)50(7)38(28(4)5)44(59)49(6)36(26-30-18-22-32(53)23-19-30)42(57)51-24-13-15-35(51)40(55)47-34(45(60)61)25-29-16-20-31(52)21-17-29/h16-23,27-28,33-39,52-54H,8-15,24-26,46H2,1-7H3,(H,47,55)(H,48,56)(H,60,61)/t33-,34?,35-,36-,37-,38-,39-/m0/s1. The first-order chi connectivity index (χ1) is 28.8. The summed E-state index contributed by atoms with van der Waals surface area (Å²) >= 11 is 0. The fraction of sp³-hybridized carbons (Fsp3) is 0.600. The minimum Gasteiger partial charge on any atom is -0.508 e. The summed E-state index contributed by atoms with van der Waals surface area (Å²) in [6.07, 6.45) is 4.38. The number of phenolic OH excluding ortho intramolecular Hbond substituents is 2. The van der Waals surface area contributed by atoms with Crippen LogP contribution < -0.4 is 16.4 Å². The number of aliphatic carboxylic acids is 1. The molecule has 7 atom stereocenters. The maximum atomic E-state index is 14.7. The van der Waals surface area contributed by atoms with E-state index < -0.39 is 89.7 Å². The van der Waals surface area contributed by atoms with Gasteiger partial charge in [0.05, 0.1) is 0 Å². The zero-order chi connectivity index (χ0) is 45.6. The number of rotatable bonds is 23. The molecule has 1 aliphatic heterocycles. The summed E-state index contributed by atoms with van der Waals surface area (Å²) in [5, 5.41) is 45.6. The van der Waals surface area contributed by atoms with Crippen LogP contribution in [0.1, 0.15) is 97.1 Å². The van der Waals surface area contributed by atoms with E-state index in [9.17, 15) is 49.2 Å². The lowest BCUT2D eigenvalue weighted by molar-refractivity contribution is -0.154. The Bertz CT molecular complexity index is 1770. The molecule has 1 fully saturated rings. The molecule has 5 amide bonds. The number of hydrogen-bond donors (Lipinski definition) is 7. The van der Waals surface area contributed by atoms with Gasteiger partial charge in [0.15, 0.2) is 0 Å². The molecule has 1 saturated heterocycles. The number of phenols is 2. The molecule has 1 unspecified atom stereocenters. The van der Waals surface area contributed by atoms with Crippen molar-refractivity contribution in [3.05, 3.63) is 59.7 Å². The Morgan fingerprint density at radius 2 is 1.34 bits per heavy atom. The SMILES string of the molecule is CCCCCCC[C@H](N)[C@H](O)C(=O)N[C@H](C(=O)N(C)[C@H](C(=O)N(C)[C@@H](Cc1ccc(O)cc1)C(=O)N1CCC[C@H]1C(=O)NC(Cc1ccc(O)cc1)C(=O)O)C(C)C)C(C)C. The first-order valence-corrected chi connectivity index (χ1v) is 21.5. The van der Waals surface area contributed by atoms with Gasteiger partial charge in [-0.2, -0.15) is 0 Å². The van der Waals surface area contributed by atoms with Gasteiger partial charge in [0.25, 0.3) is 5.91 Å². The fourth-order valence-corrected chi connectivity index (χ4v) is 7.78. The monoisotopic (exact) mass is 852 g/mol. The fourth-order valence-electron chi connectivity index (χ4n) is 7.78. The van der Waals surface area contributed by atoms with Gasteiger partial charge in [-0.05, 0) is 66.5 Å². The van der Waals surface area contributed by atoms with E-state index in [4.69, 9.17) is 5.73 Å². The van der Waals surface area contributed by atoms with E-state index in [1.165, 1.54) is 53.1 Å². The van der Waals surface area contributed by atoms with Crippen molar-refractivity contribution in [2.75, 3.05) is 20.6 Å². The molecule has 0 radical (unpaired) electrons. The van der Waals surface area contributed by atoms with Crippen LogP contribution in [0.3, 0.4) is 0 Å². The molecule has 16 heteroatoms. The molecule has 3 rings (SSSR count). The summed E-state index contributed by atoms with van der Waals surface area (Å²) in [5.74, 6) is -5.38. The van der Waals surface area contributed by atoms with Crippen LogP contribution in [-0.4, -0.2) is 134 Å². The Hall–Kier alpha value is -5.22. The second kappa shape index (κ2) is 23.7. The maximum Gasteiger partial charge on any atom is 0.326 e. The number of likely N-dealkylation sites (tertiary alicyclic amines) is 1. The number of nitrogens with two attached hydrogens (primary N) is 1. The van der Waals surface area contributed by atoms with E-state index in [0.717, 1.165) is 32.1 Å². The van der Waals surface area contributed by atoms with Gasteiger partial charge in [0, 0.05) is 39.5 Å². The van der Waals surface area contributed by atoms with E-state index in [1.807, 2.05) is 0 Å². The van der Waals surface area contributed by atoms with Crippen LogP contribution in [0, 0.1) is 11.8 Å². The lowest BCUT2D eigenvalue weighted by Gasteiger charge is -2.39. The minimum atomic E-state index is -1.54. The summed E-state index contributed by atoms with van der Waals surface area (Å²) in [5.41, 5.74) is 7.34. The second-order valence-electron chi connectivity index (χ2n) is 17.0. The van der Waals surface area contributed by atoms with Gasteiger partial charge in [-0.15, -0.1) is 0 Å². The van der Waals surface area contributed by atoms with Crippen molar-refractivity contribution in [3.63, 3.8) is 0 Å². The van der Waals surface area contributed by atoms with E-state index in [2.05, 4.69) is 17.6 Å². The summed E-state index contributed by atoms with van der Waals surface area (Å²) in [6.45, 7) is 9.24. The number of benzene rings is 2. The average Bonchev–Trinajstić information content (AvgIpc) is 3.72. The Balaban J connectivity index is 1.86. The average molecular weight is 853 g/mol. The van der Waals surface area contributed by atoms with Crippen molar-refractivity contribution in [1.82, 2.24) is 25.3 Å². The van der Waals surface area contributed by atoms with Crippen LogP contribution in [0.2, 0.25) is 0 Å². The van der Waals surface area contributed by atoms with E-state index in [0.29, 0.717) is 24.0 Å². The Labute approximate surface area is 359 Å². The molecule has 16 nitrogen and oxygen atoms in total. The zero-order valence-electron chi connectivity index (χ0n) is 36.8. The van der Waals surface area contributed by atoms with Crippen molar-refractivity contribution in [3.8, 4) is 11.5 Å². The van der Waals surface area contributed by atoms with Crippen LogP contribution in [0.15, 0.2) is 48.5 Å². The van der Waals surface area contributed by atoms with Crippen molar-refractivity contribution in [1.29, 1.82) is 0 Å². The number of carbonyl (C=O) groups excluding carboxylic acids is 5. The van der Waals surface area contributed by atoms with Crippen LogP contribution in [0.5, 0.6) is 11.5 Å². The van der Waals surface area contributed by atoms with Crippen LogP contribution in [0.4, 0.5) is 0 Å². The normalized spacial score (nSPS) is 16.9. The number of carboxylic acids is 1. The lowest BCUT2D eigenvalue weighted by Crippen LogP contribution is -2.61. The van der Waals surface area contributed by atoms with Gasteiger partial charge in [-0.25, -0.2) is 4.79 Å². The highest BCUT2D eigenvalue weighted by Crippen LogP contribution is 2.25.